The first-order valence-electron chi connectivity index (χ1n) is 2.55. The minimum absolute atomic E-state index is 0.486. The number of halogens is 5. The molecule has 11 heavy (non-hydrogen) atoms. The molecule has 0 N–H and O–H groups in total. The fourth-order valence-electron chi connectivity index (χ4n) is 0.559. The maximum absolute atomic E-state index is 11.7. The first-order chi connectivity index (χ1) is 4.81. The van der Waals surface area contributed by atoms with Crippen LogP contribution in [0.25, 0.3) is 0 Å². The van der Waals surface area contributed by atoms with Crippen LogP contribution in [-0.2, 0) is 9.47 Å². The predicted octanol–water partition coefficient (Wildman–Crippen LogP) is 2.05. The normalized spacial score (nSPS) is 30.8. The summed E-state index contributed by atoms with van der Waals surface area (Å²) in [4.78, 5) is 0. The molecule has 1 heterocycles. The van der Waals surface area contributed by atoms with Crippen molar-refractivity contribution in [3.8, 4) is 0 Å². The molecule has 2 nitrogen and oxygen atoms in total. The summed E-state index contributed by atoms with van der Waals surface area (Å²) in [5, 5.41) is 0. The van der Waals surface area contributed by atoms with E-state index in [0.29, 0.717) is 0 Å². The SMILES string of the molecule is FC(F)(F)C1OCC(Cl)(Cl)O1. The summed E-state index contributed by atoms with van der Waals surface area (Å²) in [6.45, 7) is -0.486. The van der Waals surface area contributed by atoms with Crippen LogP contribution in [-0.4, -0.2) is 23.6 Å². The Labute approximate surface area is 70.2 Å². The van der Waals surface area contributed by atoms with Gasteiger partial charge in [0.15, 0.2) is 0 Å². The van der Waals surface area contributed by atoms with Gasteiger partial charge in [-0.15, -0.1) is 0 Å². The zero-order valence-electron chi connectivity index (χ0n) is 4.99. The van der Waals surface area contributed by atoms with E-state index in [1.165, 1.54) is 0 Å². The highest BCUT2D eigenvalue weighted by molar-refractivity contribution is 6.47. The zero-order valence-corrected chi connectivity index (χ0v) is 6.50. The van der Waals surface area contributed by atoms with Gasteiger partial charge >= 0.3 is 6.18 Å². The van der Waals surface area contributed by atoms with Crippen LogP contribution in [0, 0.1) is 0 Å². The van der Waals surface area contributed by atoms with E-state index >= 15 is 0 Å². The van der Waals surface area contributed by atoms with Crippen LogP contribution < -0.4 is 0 Å². The molecule has 1 saturated heterocycles. The van der Waals surface area contributed by atoms with Crippen molar-refractivity contribution in [3.05, 3.63) is 0 Å². The number of hydrogen-bond donors (Lipinski definition) is 0. The van der Waals surface area contributed by atoms with Gasteiger partial charge in [0.1, 0.15) is 6.61 Å². The van der Waals surface area contributed by atoms with Crippen molar-refractivity contribution in [2.45, 2.75) is 17.0 Å². The summed E-state index contributed by atoms with van der Waals surface area (Å²) in [6.07, 6.45) is -6.89. The lowest BCUT2D eigenvalue weighted by atomic mass is 10.6. The smallest absolute Gasteiger partial charge is 0.339 e. The quantitative estimate of drug-likeness (QED) is 0.571. The standard InChI is InChI=1S/C4H3Cl2F3O2/c5-3(6)1-10-2(11-3)4(7,8)9/h2H,1H2. The van der Waals surface area contributed by atoms with Gasteiger partial charge in [-0.1, -0.05) is 23.2 Å². The molecule has 0 aliphatic carbocycles. The largest absolute Gasteiger partial charge is 0.440 e. The minimum Gasteiger partial charge on any atom is -0.339 e. The minimum atomic E-state index is -4.58. The van der Waals surface area contributed by atoms with Crippen molar-refractivity contribution in [3.63, 3.8) is 0 Å². The summed E-state index contributed by atoms with van der Waals surface area (Å²) in [6, 6.07) is 0. The summed E-state index contributed by atoms with van der Waals surface area (Å²) in [7, 11) is 0. The maximum Gasteiger partial charge on any atom is 0.440 e. The van der Waals surface area contributed by atoms with Gasteiger partial charge in [-0.25, -0.2) is 0 Å². The second kappa shape index (κ2) is 2.65. The number of alkyl halides is 5. The lowest BCUT2D eigenvalue weighted by Crippen LogP contribution is -2.30. The topological polar surface area (TPSA) is 18.5 Å². The number of hydrogen-bond acceptors (Lipinski definition) is 2. The Hall–Kier alpha value is 0.290. The highest BCUT2D eigenvalue weighted by Crippen LogP contribution is 2.38. The molecule has 0 radical (unpaired) electrons. The molecule has 0 amide bonds. The predicted molar refractivity (Wildman–Crippen MR) is 31.3 cm³/mol. The lowest BCUT2D eigenvalue weighted by Gasteiger charge is -2.14. The molecule has 1 aliphatic heterocycles. The third kappa shape index (κ3) is 2.37. The molecule has 1 rings (SSSR count). The average Bonchev–Trinajstić information content (AvgIpc) is 2.07. The summed E-state index contributed by atoms with van der Waals surface area (Å²) < 4.78 is 41.6. The van der Waals surface area contributed by atoms with Crippen molar-refractivity contribution in [2.24, 2.45) is 0 Å². The van der Waals surface area contributed by atoms with E-state index in [-0.39, 0.29) is 0 Å². The molecule has 7 heteroatoms. The Morgan fingerprint density at radius 2 is 1.91 bits per heavy atom. The molecule has 0 aromatic rings. The average molecular weight is 211 g/mol. The third-order valence-electron chi connectivity index (χ3n) is 0.949. The van der Waals surface area contributed by atoms with Gasteiger partial charge < -0.3 is 9.47 Å². The highest BCUT2D eigenvalue weighted by Gasteiger charge is 2.51. The highest BCUT2D eigenvalue weighted by atomic mass is 35.5. The van der Waals surface area contributed by atoms with E-state index in [1.54, 1.807) is 0 Å². The fraction of sp³-hybridized carbons (Fsp3) is 1.00. The molecule has 0 bridgehead atoms. The van der Waals surface area contributed by atoms with Crippen LogP contribution >= 0.6 is 23.2 Å². The summed E-state index contributed by atoms with van der Waals surface area (Å²) in [5.74, 6) is 0. The van der Waals surface area contributed by atoms with Gasteiger partial charge in [-0.3, -0.25) is 0 Å². The summed E-state index contributed by atoms with van der Waals surface area (Å²) in [5.41, 5.74) is 0. The Morgan fingerprint density at radius 1 is 1.36 bits per heavy atom. The first kappa shape index (κ1) is 9.38. The summed E-state index contributed by atoms with van der Waals surface area (Å²) >= 11 is 10.4. The molecule has 0 saturated carbocycles. The molecule has 1 aliphatic rings. The van der Waals surface area contributed by atoms with E-state index in [2.05, 4.69) is 9.47 Å². The maximum atomic E-state index is 11.7. The molecule has 1 fully saturated rings. The second-order valence-electron chi connectivity index (χ2n) is 1.94. The van der Waals surface area contributed by atoms with Crippen LogP contribution in [0.5, 0.6) is 0 Å². The molecular weight excluding hydrogens is 208 g/mol. The van der Waals surface area contributed by atoms with Crippen LogP contribution in [0.3, 0.4) is 0 Å². The van der Waals surface area contributed by atoms with Crippen molar-refractivity contribution in [2.75, 3.05) is 6.61 Å². The molecule has 0 spiro atoms. The van der Waals surface area contributed by atoms with Gasteiger partial charge in [0, 0.05) is 0 Å². The van der Waals surface area contributed by atoms with E-state index in [0.717, 1.165) is 0 Å². The molecule has 0 aromatic carbocycles. The van der Waals surface area contributed by atoms with Crippen LogP contribution in [0.15, 0.2) is 0 Å². The monoisotopic (exact) mass is 210 g/mol. The number of rotatable bonds is 0. The molecular formula is C4H3Cl2F3O2. The molecule has 1 unspecified atom stereocenters. The third-order valence-corrected chi connectivity index (χ3v) is 1.35. The van der Waals surface area contributed by atoms with Crippen molar-refractivity contribution < 1.29 is 22.6 Å². The van der Waals surface area contributed by atoms with Crippen molar-refractivity contribution in [1.29, 1.82) is 0 Å². The fourth-order valence-corrected chi connectivity index (χ4v) is 0.846. The van der Waals surface area contributed by atoms with E-state index in [4.69, 9.17) is 23.2 Å². The Kier molecular flexibility index (Phi) is 2.26. The lowest BCUT2D eigenvalue weighted by molar-refractivity contribution is -0.275. The van der Waals surface area contributed by atoms with E-state index in [1.807, 2.05) is 0 Å². The van der Waals surface area contributed by atoms with Crippen molar-refractivity contribution in [1.82, 2.24) is 0 Å². The second-order valence-corrected chi connectivity index (χ2v) is 3.35. The molecule has 1 atom stereocenters. The Balaban J connectivity index is 2.55. The molecule has 0 aromatic heterocycles. The van der Waals surface area contributed by atoms with Gasteiger partial charge in [-0.2, -0.15) is 13.2 Å². The Morgan fingerprint density at radius 3 is 2.09 bits per heavy atom. The van der Waals surface area contributed by atoms with Crippen LogP contribution in [0.2, 0.25) is 0 Å². The number of ether oxygens (including phenoxy) is 2. The molecule has 66 valence electrons. The van der Waals surface area contributed by atoms with Gasteiger partial charge in [0.05, 0.1) is 0 Å². The van der Waals surface area contributed by atoms with Gasteiger partial charge in [-0.05, 0) is 0 Å². The Bertz CT molecular complexity index is 158. The van der Waals surface area contributed by atoms with E-state index in [9.17, 15) is 13.2 Å². The van der Waals surface area contributed by atoms with Crippen LogP contribution in [0.4, 0.5) is 13.2 Å². The zero-order chi connectivity index (χ0) is 8.70. The van der Waals surface area contributed by atoms with Gasteiger partial charge in [0.25, 0.3) is 6.29 Å². The van der Waals surface area contributed by atoms with E-state index < -0.39 is 23.6 Å². The van der Waals surface area contributed by atoms with Crippen molar-refractivity contribution >= 4 is 23.2 Å². The van der Waals surface area contributed by atoms with Crippen LogP contribution in [0.1, 0.15) is 0 Å². The first-order valence-corrected chi connectivity index (χ1v) is 3.31. The van der Waals surface area contributed by atoms with Gasteiger partial charge in [0.2, 0.25) is 4.52 Å².